The Morgan fingerprint density at radius 1 is 1.17 bits per heavy atom. The lowest BCUT2D eigenvalue weighted by Crippen LogP contribution is -2.31. The van der Waals surface area contributed by atoms with Crippen LogP contribution in [0.2, 0.25) is 0 Å². The van der Waals surface area contributed by atoms with Crippen LogP contribution in [-0.2, 0) is 0 Å². The largest absolute Gasteiger partial charge is 0.486 e. The van der Waals surface area contributed by atoms with Crippen molar-refractivity contribution in [2.45, 2.75) is 45.7 Å². The lowest BCUT2D eigenvalue weighted by Gasteiger charge is -2.27. The third-order valence-electron chi connectivity index (χ3n) is 5.94. The van der Waals surface area contributed by atoms with Gasteiger partial charge in [0, 0.05) is 18.0 Å². The SMILES string of the molecule is Cc1nc2c(cnn2C(C)C)cc1C(=O)N1CCCC1c1ccc2c(c1)OCCO2. The van der Waals surface area contributed by atoms with Gasteiger partial charge in [-0.3, -0.25) is 4.79 Å². The molecule has 3 aromatic rings. The van der Waals surface area contributed by atoms with Crippen LogP contribution in [0.15, 0.2) is 30.5 Å². The molecule has 0 N–H and O–H groups in total. The minimum atomic E-state index is 0.0246. The van der Waals surface area contributed by atoms with E-state index in [0.29, 0.717) is 18.8 Å². The van der Waals surface area contributed by atoms with Crippen molar-refractivity contribution in [3.63, 3.8) is 0 Å². The Hall–Kier alpha value is -3.09. The summed E-state index contributed by atoms with van der Waals surface area (Å²) in [6.45, 7) is 7.91. The Kier molecular flexibility index (Phi) is 4.60. The molecular formula is C23H26N4O3. The van der Waals surface area contributed by atoms with E-state index >= 15 is 0 Å². The molecule has 0 bridgehead atoms. The van der Waals surface area contributed by atoms with E-state index in [9.17, 15) is 4.79 Å². The van der Waals surface area contributed by atoms with Crippen molar-refractivity contribution in [2.75, 3.05) is 19.8 Å². The van der Waals surface area contributed by atoms with E-state index in [4.69, 9.17) is 14.5 Å². The standard InChI is InChI=1S/C23H26N4O3/c1-14(2)27-22-17(13-24-27)11-18(15(3)25-22)23(28)26-8-4-5-19(26)16-6-7-20-21(12-16)30-10-9-29-20/h6-7,11-14,19H,4-5,8-10H2,1-3H3. The molecule has 1 unspecified atom stereocenters. The van der Waals surface area contributed by atoms with Gasteiger partial charge in [-0.25, -0.2) is 9.67 Å². The van der Waals surface area contributed by atoms with Crippen LogP contribution in [0.5, 0.6) is 11.5 Å². The third kappa shape index (κ3) is 3.09. The average Bonchev–Trinajstić information content (AvgIpc) is 3.39. The van der Waals surface area contributed by atoms with E-state index in [1.807, 2.05) is 40.8 Å². The van der Waals surface area contributed by atoms with Crippen molar-refractivity contribution in [3.05, 3.63) is 47.3 Å². The first-order valence-electron chi connectivity index (χ1n) is 10.6. The maximum absolute atomic E-state index is 13.5. The topological polar surface area (TPSA) is 69.5 Å². The van der Waals surface area contributed by atoms with Gasteiger partial charge in [0.2, 0.25) is 0 Å². The summed E-state index contributed by atoms with van der Waals surface area (Å²) in [6.07, 6.45) is 3.71. The van der Waals surface area contributed by atoms with Gasteiger partial charge < -0.3 is 14.4 Å². The summed E-state index contributed by atoms with van der Waals surface area (Å²) in [7, 11) is 0. The van der Waals surface area contributed by atoms with Crippen molar-refractivity contribution in [3.8, 4) is 11.5 Å². The first kappa shape index (κ1) is 18.9. The Morgan fingerprint density at radius 3 is 2.77 bits per heavy atom. The Labute approximate surface area is 175 Å². The molecule has 1 fully saturated rings. The molecule has 0 saturated carbocycles. The molecule has 0 spiro atoms. The maximum atomic E-state index is 13.5. The number of carbonyl (C=O) groups excluding carboxylic acids is 1. The number of nitrogens with zero attached hydrogens (tertiary/aromatic N) is 4. The zero-order valence-electron chi connectivity index (χ0n) is 17.6. The summed E-state index contributed by atoms with van der Waals surface area (Å²) in [5.74, 6) is 1.56. The zero-order chi connectivity index (χ0) is 20.8. The number of ether oxygens (including phenoxy) is 2. The number of fused-ring (bicyclic) bond motifs is 2. The fourth-order valence-corrected chi connectivity index (χ4v) is 4.44. The summed E-state index contributed by atoms with van der Waals surface area (Å²) in [5, 5.41) is 5.34. The average molecular weight is 406 g/mol. The number of carbonyl (C=O) groups is 1. The van der Waals surface area contributed by atoms with Gasteiger partial charge in [0.25, 0.3) is 5.91 Å². The summed E-state index contributed by atoms with van der Waals surface area (Å²) in [4.78, 5) is 20.2. The smallest absolute Gasteiger partial charge is 0.256 e. The van der Waals surface area contributed by atoms with Gasteiger partial charge in [-0.15, -0.1) is 0 Å². The minimum Gasteiger partial charge on any atom is -0.486 e. The van der Waals surface area contributed by atoms with E-state index in [0.717, 1.165) is 53.2 Å². The van der Waals surface area contributed by atoms with Crippen molar-refractivity contribution in [2.24, 2.45) is 0 Å². The predicted molar refractivity (Wildman–Crippen MR) is 113 cm³/mol. The molecular weight excluding hydrogens is 380 g/mol. The Bertz CT molecular complexity index is 1120. The molecule has 4 heterocycles. The molecule has 7 nitrogen and oxygen atoms in total. The van der Waals surface area contributed by atoms with Crippen molar-refractivity contribution < 1.29 is 14.3 Å². The molecule has 2 aromatic heterocycles. The van der Waals surface area contributed by atoms with Crippen LogP contribution in [-0.4, -0.2) is 45.3 Å². The van der Waals surface area contributed by atoms with Crippen LogP contribution < -0.4 is 9.47 Å². The van der Waals surface area contributed by atoms with Crippen LogP contribution >= 0.6 is 0 Å². The number of hydrogen-bond donors (Lipinski definition) is 0. The van der Waals surface area contributed by atoms with Gasteiger partial charge in [-0.05, 0) is 57.4 Å². The zero-order valence-corrected chi connectivity index (χ0v) is 17.6. The Morgan fingerprint density at radius 2 is 1.97 bits per heavy atom. The van der Waals surface area contributed by atoms with Crippen LogP contribution in [0.25, 0.3) is 11.0 Å². The number of likely N-dealkylation sites (tertiary alicyclic amines) is 1. The number of rotatable bonds is 3. The molecule has 1 saturated heterocycles. The fourth-order valence-electron chi connectivity index (χ4n) is 4.44. The second-order valence-electron chi connectivity index (χ2n) is 8.28. The van der Waals surface area contributed by atoms with Gasteiger partial charge in [0.1, 0.15) is 13.2 Å². The first-order valence-corrected chi connectivity index (χ1v) is 10.6. The lowest BCUT2D eigenvalue weighted by molar-refractivity contribution is 0.0734. The van der Waals surface area contributed by atoms with Gasteiger partial charge in [0.05, 0.1) is 23.5 Å². The highest BCUT2D eigenvalue weighted by Crippen LogP contribution is 2.39. The van der Waals surface area contributed by atoms with Crippen molar-refractivity contribution in [1.82, 2.24) is 19.7 Å². The van der Waals surface area contributed by atoms with E-state index in [2.05, 4.69) is 18.9 Å². The number of hydrogen-bond acceptors (Lipinski definition) is 5. The molecule has 2 aliphatic rings. The quantitative estimate of drug-likeness (QED) is 0.656. The highest BCUT2D eigenvalue weighted by molar-refractivity contribution is 5.98. The molecule has 156 valence electrons. The number of pyridine rings is 1. The molecule has 1 amide bonds. The molecule has 5 rings (SSSR count). The minimum absolute atomic E-state index is 0.0246. The molecule has 1 aromatic carbocycles. The monoisotopic (exact) mass is 406 g/mol. The van der Waals surface area contributed by atoms with E-state index in [1.165, 1.54) is 0 Å². The van der Waals surface area contributed by atoms with Gasteiger partial charge >= 0.3 is 0 Å². The first-order chi connectivity index (χ1) is 14.5. The van der Waals surface area contributed by atoms with E-state index < -0.39 is 0 Å². The summed E-state index contributed by atoms with van der Waals surface area (Å²) >= 11 is 0. The third-order valence-corrected chi connectivity index (χ3v) is 5.94. The number of amides is 1. The fraction of sp³-hybridized carbons (Fsp3) is 0.435. The number of aromatic nitrogens is 3. The van der Waals surface area contributed by atoms with Gasteiger partial charge in [0.15, 0.2) is 17.1 Å². The molecule has 30 heavy (non-hydrogen) atoms. The van der Waals surface area contributed by atoms with Crippen LogP contribution in [0.3, 0.4) is 0 Å². The van der Waals surface area contributed by atoms with Crippen molar-refractivity contribution in [1.29, 1.82) is 0 Å². The highest BCUT2D eigenvalue weighted by Gasteiger charge is 2.32. The van der Waals surface area contributed by atoms with E-state index in [-0.39, 0.29) is 18.0 Å². The normalized spacial score (nSPS) is 18.4. The lowest BCUT2D eigenvalue weighted by atomic mass is 10.0. The highest BCUT2D eigenvalue weighted by atomic mass is 16.6. The predicted octanol–water partition coefficient (Wildman–Crippen LogP) is 4.07. The summed E-state index contributed by atoms with van der Waals surface area (Å²) < 4.78 is 13.3. The Balaban J connectivity index is 1.47. The molecule has 2 aliphatic heterocycles. The molecule has 1 atom stereocenters. The second-order valence-corrected chi connectivity index (χ2v) is 8.28. The second kappa shape index (κ2) is 7.31. The number of aryl methyl sites for hydroxylation is 1. The van der Waals surface area contributed by atoms with E-state index in [1.54, 1.807) is 6.20 Å². The van der Waals surface area contributed by atoms with Gasteiger partial charge in [-0.1, -0.05) is 6.07 Å². The summed E-state index contributed by atoms with van der Waals surface area (Å²) in [5.41, 5.74) is 3.30. The summed E-state index contributed by atoms with van der Waals surface area (Å²) in [6, 6.07) is 8.20. The molecule has 7 heteroatoms. The van der Waals surface area contributed by atoms with Gasteiger partial charge in [-0.2, -0.15) is 5.10 Å². The molecule has 0 radical (unpaired) electrons. The van der Waals surface area contributed by atoms with Crippen LogP contribution in [0, 0.1) is 6.92 Å². The molecule has 0 aliphatic carbocycles. The van der Waals surface area contributed by atoms with Crippen LogP contribution in [0.4, 0.5) is 0 Å². The maximum Gasteiger partial charge on any atom is 0.256 e. The number of benzene rings is 1. The van der Waals surface area contributed by atoms with Crippen molar-refractivity contribution >= 4 is 16.9 Å². The van der Waals surface area contributed by atoms with Crippen LogP contribution in [0.1, 0.15) is 60.4 Å².